The van der Waals surface area contributed by atoms with Gasteiger partial charge in [0.05, 0.1) is 5.69 Å². The van der Waals surface area contributed by atoms with Gasteiger partial charge in [-0.25, -0.2) is 0 Å². The van der Waals surface area contributed by atoms with Crippen molar-refractivity contribution < 1.29 is 0 Å². The molecule has 2 aromatic rings. The summed E-state index contributed by atoms with van der Waals surface area (Å²) in [4.78, 5) is 9.59. The van der Waals surface area contributed by atoms with Crippen molar-refractivity contribution >= 4 is 10.8 Å². The smallest absolute Gasteiger partial charge is 0.0542 e. The standard InChI is InChI=1S/C17H24N2/c1-9-12(4)19-16(17(6,7)8)15-10(2)11(3)18-13(5)14(9)15/h1-8H3. The largest absolute Gasteiger partial charge is 0.258 e. The number of nitrogens with zero attached hydrogens (tertiary/aromatic N) is 2. The molecule has 2 nitrogen and oxygen atoms in total. The number of hydrogen-bond donors (Lipinski definition) is 0. The van der Waals surface area contributed by atoms with E-state index < -0.39 is 0 Å². The summed E-state index contributed by atoms with van der Waals surface area (Å²) < 4.78 is 0. The molecule has 0 aliphatic carbocycles. The van der Waals surface area contributed by atoms with E-state index in [0.29, 0.717) is 0 Å². The van der Waals surface area contributed by atoms with Gasteiger partial charge >= 0.3 is 0 Å². The average Bonchev–Trinajstić information content (AvgIpc) is 2.27. The summed E-state index contributed by atoms with van der Waals surface area (Å²) in [5, 5.41) is 2.60. The lowest BCUT2D eigenvalue weighted by Crippen LogP contribution is -2.17. The van der Waals surface area contributed by atoms with Crippen molar-refractivity contribution in [1.82, 2.24) is 9.97 Å². The number of fused-ring (bicyclic) bond motifs is 1. The Morgan fingerprint density at radius 1 is 0.632 bits per heavy atom. The highest BCUT2D eigenvalue weighted by atomic mass is 14.8. The molecule has 0 aliphatic heterocycles. The van der Waals surface area contributed by atoms with Crippen LogP contribution in [-0.4, -0.2) is 9.97 Å². The first-order valence-electron chi connectivity index (χ1n) is 6.89. The number of hydrogen-bond acceptors (Lipinski definition) is 2. The lowest BCUT2D eigenvalue weighted by Gasteiger charge is -2.24. The van der Waals surface area contributed by atoms with E-state index in [0.717, 1.165) is 17.1 Å². The Labute approximate surface area is 116 Å². The van der Waals surface area contributed by atoms with Crippen LogP contribution in [0.25, 0.3) is 10.8 Å². The molecule has 2 heteroatoms. The molecule has 0 aliphatic rings. The average molecular weight is 256 g/mol. The Bertz CT molecular complexity index is 661. The van der Waals surface area contributed by atoms with Crippen LogP contribution in [-0.2, 0) is 5.41 Å². The molecule has 0 fully saturated rings. The van der Waals surface area contributed by atoms with Gasteiger partial charge in [0, 0.05) is 33.3 Å². The zero-order valence-corrected chi connectivity index (χ0v) is 13.4. The first kappa shape index (κ1) is 14.0. The third-order valence-electron chi connectivity index (χ3n) is 4.01. The topological polar surface area (TPSA) is 25.8 Å². The maximum absolute atomic E-state index is 4.89. The Morgan fingerprint density at radius 2 is 1.11 bits per heavy atom. The highest BCUT2D eigenvalue weighted by Gasteiger charge is 2.23. The number of pyridine rings is 2. The van der Waals surface area contributed by atoms with Crippen molar-refractivity contribution in [2.75, 3.05) is 0 Å². The third kappa shape index (κ3) is 2.13. The van der Waals surface area contributed by atoms with E-state index in [1.54, 1.807) is 0 Å². The minimum Gasteiger partial charge on any atom is -0.258 e. The minimum absolute atomic E-state index is 0.0434. The van der Waals surface area contributed by atoms with Gasteiger partial charge in [0.1, 0.15) is 0 Å². The van der Waals surface area contributed by atoms with E-state index in [1.165, 1.54) is 27.6 Å². The fraction of sp³-hybridized carbons (Fsp3) is 0.529. The van der Waals surface area contributed by atoms with Crippen LogP contribution < -0.4 is 0 Å². The van der Waals surface area contributed by atoms with Gasteiger partial charge in [0.2, 0.25) is 0 Å². The summed E-state index contributed by atoms with van der Waals surface area (Å²) >= 11 is 0. The second-order valence-electron chi connectivity index (χ2n) is 6.58. The van der Waals surface area contributed by atoms with E-state index in [4.69, 9.17) is 9.97 Å². The van der Waals surface area contributed by atoms with Gasteiger partial charge in [-0.05, 0) is 45.7 Å². The Kier molecular flexibility index (Phi) is 3.16. The van der Waals surface area contributed by atoms with Gasteiger partial charge in [0.15, 0.2) is 0 Å². The highest BCUT2D eigenvalue weighted by Crippen LogP contribution is 2.35. The summed E-state index contributed by atoms with van der Waals surface area (Å²) in [5.74, 6) is 0. The summed E-state index contributed by atoms with van der Waals surface area (Å²) in [5.41, 5.74) is 7.11. The molecule has 0 radical (unpaired) electrons. The minimum atomic E-state index is 0.0434. The normalized spacial score (nSPS) is 12.2. The fourth-order valence-corrected chi connectivity index (χ4v) is 2.73. The molecule has 2 rings (SSSR count). The maximum atomic E-state index is 4.89. The van der Waals surface area contributed by atoms with Crippen molar-refractivity contribution in [1.29, 1.82) is 0 Å². The van der Waals surface area contributed by atoms with Crippen LogP contribution in [0.15, 0.2) is 0 Å². The molecule has 0 unspecified atom stereocenters. The van der Waals surface area contributed by atoms with Crippen LogP contribution in [0.3, 0.4) is 0 Å². The molecule has 0 N–H and O–H groups in total. The summed E-state index contributed by atoms with van der Waals surface area (Å²) in [6, 6.07) is 0. The van der Waals surface area contributed by atoms with Crippen LogP contribution >= 0.6 is 0 Å². The Morgan fingerprint density at radius 3 is 1.63 bits per heavy atom. The van der Waals surface area contributed by atoms with E-state index in [-0.39, 0.29) is 5.41 Å². The lowest BCUT2D eigenvalue weighted by atomic mass is 9.85. The predicted octanol–water partition coefficient (Wildman–Crippen LogP) is 4.47. The molecule has 2 heterocycles. The summed E-state index contributed by atoms with van der Waals surface area (Å²) in [7, 11) is 0. The maximum Gasteiger partial charge on any atom is 0.0542 e. The first-order valence-corrected chi connectivity index (χ1v) is 6.89. The van der Waals surface area contributed by atoms with Gasteiger partial charge in [-0.3, -0.25) is 9.97 Å². The van der Waals surface area contributed by atoms with Crippen LogP contribution in [0.1, 0.15) is 54.7 Å². The van der Waals surface area contributed by atoms with Crippen LogP contribution in [0.4, 0.5) is 0 Å². The second-order valence-corrected chi connectivity index (χ2v) is 6.58. The van der Waals surface area contributed by atoms with Gasteiger partial charge in [0.25, 0.3) is 0 Å². The van der Waals surface area contributed by atoms with Gasteiger partial charge in [-0.15, -0.1) is 0 Å². The quantitative estimate of drug-likeness (QED) is 0.695. The molecule has 0 aromatic carbocycles. The van der Waals surface area contributed by atoms with E-state index >= 15 is 0 Å². The van der Waals surface area contributed by atoms with E-state index in [1.807, 2.05) is 0 Å². The third-order valence-corrected chi connectivity index (χ3v) is 4.01. The van der Waals surface area contributed by atoms with Crippen molar-refractivity contribution in [3.63, 3.8) is 0 Å². The monoisotopic (exact) mass is 256 g/mol. The molecule has 0 amide bonds. The molecular formula is C17H24N2. The van der Waals surface area contributed by atoms with E-state index in [9.17, 15) is 0 Å². The molecule has 0 spiro atoms. The van der Waals surface area contributed by atoms with Crippen molar-refractivity contribution in [3.05, 3.63) is 33.9 Å². The number of aryl methyl sites for hydroxylation is 5. The molecule has 19 heavy (non-hydrogen) atoms. The van der Waals surface area contributed by atoms with Gasteiger partial charge in [-0.1, -0.05) is 20.8 Å². The number of rotatable bonds is 0. The summed E-state index contributed by atoms with van der Waals surface area (Å²) in [6.07, 6.45) is 0. The molecule has 102 valence electrons. The van der Waals surface area contributed by atoms with Gasteiger partial charge in [-0.2, -0.15) is 0 Å². The van der Waals surface area contributed by atoms with Crippen LogP contribution in [0, 0.1) is 34.6 Å². The Balaban J connectivity index is 3.12. The second kappa shape index (κ2) is 4.29. The van der Waals surface area contributed by atoms with Crippen LogP contribution in [0.5, 0.6) is 0 Å². The fourth-order valence-electron chi connectivity index (χ4n) is 2.73. The Hall–Kier alpha value is -1.44. The van der Waals surface area contributed by atoms with Crippen molar-refractivity contribution in [2.45, 2.75) is 60.8 Å². The predicted molar refractivity (Wildman–Crippen MR) is 81.9 cm³/mol. The molecular weight excluding hydrogens is 232 g/mol. The number of aromatic nitrogens is 2. The lowest BCUT2D eigenvalue weighted by molar-refractivity contribution is 0.573. The first-order chi connectivity index (χ1) is 8.64. The van der Waals surface area contributed by atoms with Gasteiger partial charge < -0.3 is 0 Å². The molecule has 0 saturated heterocycles. The van der Waals surface area contributed by atoms with E-state index in [2.05, 4.69) is 55.4 Å². The van der Waals surface area contributed by atoms with Crippen molar-refractivity contribution in [3.8, 4) is 0 Å². The van der Waals surface area contributed by atoms with Crippen LogP contribution in [0.2, 0.25) is 0 Å². The molecule has 0 bridgehead atoms. The molecule has 0 atom stereocenters. The van der Waals surface area contributed by atoms with Crippen molar-refractivity contribution in [2.24, 2.45) is 0 Å². The zero-order chi connectivity index (χ0) is 14.5. The highest BCUT2D eigenvalue weighted by molar-refractivity contribution is 5.93. The zero-order valence-electron chi connectivity index (χ0n) is 13.4. The summed E-state index contributed by atoms with van der Waals surface area (Å²) in [6.45, 7) is 17.3. The SMILES string of the molecule is Cc1nc(C(C)(C)C)c2c(C)c(C)nc(C)c2c1C. The molecule has 0 saturated carbocycles. The molecule has 2 aromatic heterocycles.